The Morgan fingerprint density at radius 3 is 2.26 bits per heavy atom. The summed E-state index contributed by atoms with van der Waals surface area (Å²) in [6.07, 6.45) is 0.0575. The van der Waals surface area contributed by atoms with E-state index < -0.39 is 27.9 Å². The van der Waals surface area contributed by atoms with Gasteiger partial charge in [0.25, 0.3) is 5.91 Å². The van der Waals surface area contributed by atoms with Gasteiger partial charge in [0.2, 0.25) is 15.9 Å². The molecule has 0 saturated carbocycles. The number of benzene rings is 3. The molecule has 0 bridgehead atoms. The Kier molecular flexibility index (Phi) is 7.45. The monoisotopic (exact) mass is 580 g/mol. The van der Waals surface area contributed by atoms with Crippen molar-refractivity contribution in [3.63, 3.8) is 0 Å². The summed E-state index contributed by atoms with van der Waals surface area (Å²) in [4.78, 5) is 27.3. The van der Waals surface area contributed by atoms with Crippen LogP contribution in [0.3, 0.4) is 0 Å². The summed E-state index contributed by atoms with van der Waals surface area (Å²) in [6, 6.07) is 18.3. The second-order valence-electron chi connectivity index (χ2n) is 7.71. The van der Waals surface area contributed by atoms with Crippen molar-refractivity contribution in [2.24, 2.45) is 0 Å². The van der Waals surface area contributed by atoms with Crippen LogP contribution in [-0.4, -0.2) is 37.1 Å². The van der Waals surface area contributed by atoms with Crippen LogP contribution in [0.5, 0.6) is 0 Å². The Hall–Kier alpha value is -2.23. The first-order valence-corrected chi connectivity index (χ1v) is 13.3. The molecule has 1 unspecified atom stereocenters. The molecule has 0 radical (unpaired) electrons. The zero-order chi connectivity index (χ0) is 24.5. The maximum Gasteiger partial charge on any atom is 0.252 e. The highest BCUT2D eigenvalue weighted by atomic mass is 79.9. The number of carbonyl (C=O) groups is 2. The Labute approximate surface area is 216 Å². The molecule has 0 aliphatic carbocycles. The standard InChI is InChI=1S/C24H19BrCl2N2O4S/c25-17-4-10-21(11-5-17)34(32,33)28(13-12-16-2-1-3-19(27)14-16)22-15-23(30)29(24(22)31)20-8-6-18(26)7-9-20/h1-11,14,22H,12-13,15H2. The number of hydrogen-bond donors (Lipinski definition) is 0. The molecule has 1 saturated heterocycles. The highest BCUT2D eigenvalue weighted by molar-refractivity contribution is 9.10. The number of rotatable bonds is 7. The Morgan fingerprint density at radius 2 is 1.62 bits per heavy atom. The van der Waals surface area contributed by atoms with E-state index in [0.29, 0.717) is 22.2 Å². The molecular formula is C24H19BrCl2N2O4S. The van der Waals surface area contributed by atoms with Gasteiger partial charge in [-0.15, -0.1) is 0 Å². The molecule has 3 aromatic carbocycles. The summed E-state index contributed by atoms with van der Waals surface area (Å²) in [5.74, 6) is -1.07. The van der Waals surface area contributed by atoms with E-state index in [1.54, 1.807) is 54.6 Å². The first-order valence-electron chi connectivity index (χ1n) is 10.3. The number of sulfonamides is 1. The van der Waals surface area contributed by atoms with Crippen LogP contribution >= 0.6 is 39.1 Å². The van der Waals surface area contributed by atoms with Gasteiger partial charge in [0.1, 0.15) is 6.04 Å². The molecule has 2 amide bonds. The van der Waals surface area contributed by atoms with Crippen LogP contribution in [0.2, 0.25) is 10.0 Å². The lowest BCUT2D eigenvalue weighted by molar-refractivity contribution is -0.122. The summed E-state index contributed by atoms with van der Waals surface area (Å²) in [5.41, 5.74) is 1.16. The van der Waals surface area contributed by atoms with Gasteiger partial charge in [-0.05, 0) is 72.6 Å². The van der Waals surface area contributed by atoms with Gasteiger partial charge in [-0.25, -0.2) is 13.3 Å². The van der Waals surface area contributed by atoms with Crippen molar-refractivity contribution in [2.75, 3.05) is 11.4 Å². The lowest BCUT2D eigenvalue weighted by atomic mass is 10.1. The summed E-state index contributed by atoms with van der Waals surface area (Å²) < 4.78 is 29.1. The van der Waals surface area contributed by atoms with E-state index in [9.17, 15) is 18.0 Å². The fourth-order valence-corrected chi connectivity index (χ4v) is 6.00. The van der Waals surface area contributed by atoms with Crippen molar-refractivity contribution in [1.29, 1.82) is 0 Å². The maximum absolute atomic E-state index is 13.6. The van der Waals surface area contributed by atoms with Crippen molar-refractivity contribution in [3.05, 3.63) is 92.9 Å². The summed E-state index contributed by atoms with van der Waals surface area (Å²) >= 11 is 15.3. The highest BCUT2D eigenvalue weighted by Crippen LogP contribution is 2.30. The van der Waals surface area contributed by atoms with Crippen molar-refractivity contribution in [1.82, 2.24) is 4.31 Å². The summed E-state index contributed by atoms with van der Waals surface area (Å²) in [7, 11) is -4.09. The Bertz CT molecular complexity index is 1330. The van der Waals surface area contributed by atoms with Crippen LogP contribution in [0, 0.1) is 0 Å². The average molecular weight is 582 g/mol. The second-order valence-corrected chi connectivity index (χ2v) is 11.4. The van der Waals surface area contributed by atoms with E-state index in [4.69, 9.17) is 23.2 Å². The van der Waals surface area contributed by atoms with Crippen molar-refractivity contribution >= 4 is 66.7 Å². The number of imide groups is 1. The van der Waals surface area contributed by atoms with Crippen molar-refractivity contribution in [3.8, 4) is 0 Å². The highest BCUT2D eigenvalue weighted by Gasteiger charge is 2.46. The molecule has 1 atom stereocenters. The second kappa shape index (κ2) is 10.2. The molecule has 1 aliphatic heterocycles. The van der Waals surface area contributed by atoms with Gasteiger partial charge in [-0.2, -0.15) is 4.31 Å². The van der Waals surface area contributed by atoms with Crippen LogP contribution < -0.4 is 4.90 Å². The molecule has 1 aliphatic rings. The molecule has 0 N–H and O–H groups in total. The molecule has 4 rings (SSSR count). The summed E-state index contributed by atoms with van der Waals surface area (Å²) in [5, 5.41) is 0.987. The first kappa shape index (κ1) is 24.9. The zero-order valence-electron chi connectivity index (χ0n) is 17.7. The molecular weight excluding hydrogens is 563 g/mol. The van der Waals surface area contributed by atoms with Gasteiger partial charge in [0.05, 0.1) is 17.0 Å². The van der Waals surface area contributed by atoms with Gasteiger partial charge in [-0.1, -0.05) is 51.3 Å². The van der Waals surface area contributed by atoms with E-state index >= 15 is 0 Å². The smallest absolute Gasteiger partial charge is 0.252 e. The van der Waals surface area contributed by atoms with E-state index in [0.717, 1.165) is 19.2 Å². The fourth-order valence-electron chi connectivity index (χ4n) is 3.82. The first-order chi connectivity index (χ1) is 16.2. The molecule has 0 aromatic heterocycles. The van der Waals surface area contributed by atoms with E-state index in [-0.39, 0.29) is 17.9 Å². The van der Waals surface area contributed by atoms with Crippen molar-refractivity contribution < 1.29 is 18.0 Å². The molecule has 0 spiro atoms. The lowest BCUT2D eigenvalue weighted by Crippen LogP contribution is -2.46. The van der Waals surface area contributed by atoms with E-state index in [1.807, 2.05) is 6.07 Å². The fraction of sp³-hybridized carbons (Fsp3) is 0.167. The number of hydrogen-bond acceptors (Lipinski definition) is 4. The Balaban J connectivity index is 1.69. The molecule has 1 fully saturated rings. The lowest BCUT2D eigenvalue weighted by Gasteiger charge is -2.27. The topological polar surface area (TPSA) is 74.8 Å². The van der Waals surface area contributed by atoms with Gasteiger partial charge in [0, 0.05) is 21.1 Å². The number of anilines is 1. The number of halogens is 3. The zero-order valence-corrected chi connectivity index (χ0v) is 21.6. The van der Waals surface area contributed by atoms with Crippen LogP contribution in [-0.2, 0) is 26.0 Å². The molecule has 10 heteroatoms. The average Bonchev–Trinajstić information content (AvgIpc) is 3.08. The SMILES string of the molecule is O=C1CC(N(CCc2cccc(Cl)c2)S(=O)(=O)c2ccc(Br)cc2)C(=O)N1c1ccc(Cl)cc1. The molecule has 1 heterocycles. The Morgan fingerprint density at radius 1 is 0.941 bits per heavy atom. The normalized spacial score (nSPS) is 16.5. The minimum atomic E-state index is -4.09. The molecule has 3 aromatic rings. The van der Waals surface area contributed by atoms with E-state index in [2.05, 4.69) is 15.9 Å². The van der Waals surface area contributed by atoms with Crippen LogP contribution in [0.1, 0.15) is 12.0 Å². The minimum Gasteiger partial charge on any atom is -0.274 e. The number of amides is 2. The minimum absolute atomic E-state index is 0.00309. The third kappa shape index (κ3) is 5.21. The van der Waals surface area contributed by atoms with Gasteiger partial charge in [-0.3, -0.25) is 9.59 Å². The predicted molar refractivity (Wildman–Crippen MR) is 136 cm³/mol. The number of carbonyl (C=O) groups excluding carboxylic acids is 2. The summed E-state index contributed by atoms with van der Waals surface area (Å²) in [6.45, 7) is -0.00309. The molecule has 176 valence electrons. The van der Waals surface area contributed by atoms with Crippen LogP contribution in [0.4, 0.5) is 5.69 Å². The molecule has 34 heavy (non-hydrogen) atoms. The van der Waals surface area contributed by atoms with Gasteiger partial charge in [0.15, 0.2) is 0 Å². The third-order valence-electron chi connectivity index (χ3n) is 5.49. The van der Waals surface area contributed by atoms with Gasteiger partial charge < -0.3 is 0 Å². The third-order valence-corrected chi connectivity index (χ3v) is 8.42. The quantitative estimate of drug-likeness (QED) is 0.354. The largest absolute Gasteiger partial charge is 0.274 e. The number of nitrogens with zero attached hydrogens (tertiary/aromatic N) is 2. The van der Waals surface area contributed by atoms with Crippen LogP contribution in [0.25, 0.3) is 0 Å². The van der Waals surface area contributed by atoms with Gasteiger partial charge >= 0.3 is 0 Å². The maximum atomic E-state index is 13.6. The van der Waals surface area contributed by atoms with Crippen molar-refractivity contribution in [2.45, 2.75) is 23.8 Å². The predicted octanol–water partition coefficient (Wildman–Crippen LogP) is 5.32. The van der Waals surface area contributed by atoms with E-state index in [1.165, 1.54) is 12.1 Å². The molecule has 6 nitrogen and oxygen atoms in total. The van der Waals surface area contributed by atoms with Crippen LogP contribution in [0.15, 0.2) is 82.2 Å².